The maximum atomic E-state index is 11.3. The van der Waals surface area contributed by atoms with E-state index in [-0.39, 0.29) is 5.91 Å². The van der Waals surface area contributed by atoms with Gasteiger partial charge in [-0.05, 0) is 12.8 Å². The molecule has 0 aromatic heterocycles. The van der Waals surface area contributed by atoms with E-state index in [2.05, 4.69) is 10.2 Å². The molecule has 1 aliphatic rings. The van der Waals surface area contributed by atoms with Crippen LogP contribution in [0.1, 0.15) is 25.7 Å². The van der Waals surface area contributed by atoms with Crippen LogP contribution < -0.4 is 11.1 Å². The van der Waals surface area contributed by atoms with Crippen LogP contribution in [0.2, 0.25) is 0 Å². The van der Waals surface area contributed by atoms with Crippen molar-refractivity contribution in [2.45, 2.75) is 31.7 Å². The molecule has 0 spiro atoms. The molecule has 1 amide bonds. The first kappa shape index (κ1) is 12.4. The number of nitrogens with two attached hydrogens (primary N) is 1. The molecular formula is C10H19N3OS. The number of nitrogens with one attached hydrogen (secondary N) is 1. The minimum atomic E-state index is 0.0261. The highest BCUT2D eigenvalue weighted by Crippen LogP contribution is 2.22. The summed E-state index contributed by atoms with van der Waals surface area (Å²) in [5.74, 6) is 0.0261. The molecule has 1 rings (SSSR count). The van der Waals surface area contributed by atoms with Crippen LogP contribution >= 0.6 is 12.2 Å². The fourth-order valence-electron chi connectivity index (χ4n) is 2.05. The molecule has 1 saturated carbocycles. The normalized spacial score (nSPS) is 16.9. The van der Waals surface area contributed by atoms with Crippen LogP contribution in [0.25, 0.3) is 0 Å². The van der Waals surface area contributed by atoms with Gasteiger partial charge in [0.15, 0.2) is 0 Å². The highest BCUT2D eigenvalue weighted by Gasteiger charge is 2.24. The minimum Gasteiger partial charge on any atom is -0.392 e. The third-order valence-corrected chi connectivity index (χ3v) is 2.95. The average molecular weight is 229 g/mol. The Morgan fingerprint density at radius 1 is 1.47 bits per heavy atom. The lowest BCUT2D eigenvalue weighted by Crippen LogP contribution is -2.44. The Morgan fingerprint density at radius 2 is 2.07 bits per heavy atom. The van der Waals surface area contributed by atoms with E-state index in [0.717, 1.165) is 12.8 Å². The number of carbonyl (C=O) groups excluding carboxylic acids is 1. The summed E-state index contributed by atoms with van der Waals surface area (Å²) in [7, 11) is 1.65. The molecule has 0 atom stereocenters. The van der Waals surface area contributed by atoms with Crippen molar-refractivity contribution in [1.29, 1.82) is 0 Å². The van der Waals surface area contributed by atoms with Crippen LogP contribution in [-0.4, -0.2) is 42.0 Å². The second-order valence-corrected chi connectivity index (χ2v) is 4.51. The Morgan fingerprint density at radius 3 is 2.53 bits per heavy atom. The smallest absolute Gasteiger partial charge is 0.233 e. The summed E-state index contributed by atoms with van der Waals surface area (Å²) < 4.78 is 0. The third kappa shape index (κ3) is 4.13. The minimum absolute atomic E-state index is 0.0261. The van der Waals surface area contributed by atoms with Crippen molar-refractivity contribution < 1.29 is 4.79 Å². The fraction of sp³-hybridized carbons (Fsp3) is 0.800. The van der Waals surface area contributed by atoms with E-state index in [9.17, 15) is 4.79 Å². The lowest BCUT2D eigenvalue weighted by Gasteiger charge is -2.27. The molecule has 15 heavy (non-hydrogen) atoms. The molecule has 0 saturated heterocycles. The summed E-state index contributed by atoms with van der Waals surface area (Å²) in [4.78, 5) is 13.9. The van der Waals surface area contributed by atoms with Crippen molar-refractivity contribution in [2.24, 2.45) is 5.73 Å². The van der Waals surface area contributed by atoms with Crippen molar-refractivity contribution in [3.8, 4) is 0 Å². The van der Waals surface area contributed by atoms with Gasteiger partial charge in [0.25, 0.3) is 0 Å². The second-order valence-electron chi connectivity index (χ2n) is 3.98. The Kier molecular flexibility index (Phi) is 4.98. The van der Waals surface area contributed by atoms with Gasteiger partial charge in [0.05, 0.1) is 11.5 Å². The predicted molar refractivity (Wildman–Crippen MR) is 64.7 cm³/mol. The number of carbonyl (C=O) groups is 1. The summed E-state index contributed by atoms with van der Waals surface area (Å²) in [6.07, 6.45) is 4.79. The van der Waals surface area contributed by atoms with Gasteiger partial charge >= 0.3 is 0 Å². The summed E-state index contributed by atoms with van der Waals surface area (Å²) >= 11 is 4.90. The predicted octanol–water partition coefficient (Wildman–Crippen LogP) is 0.263. The van der Waals surface area contributed by atoms with Gasteiger partial charge in [-0.15, -0.1) is 0 Å². The monoisotopic (exact) mass is 229 g/mol. The Balaban J connectivity index is 2.51. The van der Waals surface area contributed by atoms with Crippen LogP contribution in [0.15, 0.2) is 0 Å². The van der Waals surface area contributed by atoms with Crippen molar-refractivity contribution in [1.82, 2.24) is 10.2 Å². The van der Waals surface area contributed by atoms with Gasteiger partial charge in [0.1, 0.15) is 0 Å². The molecule has 4 nitrogen and oxygen atoms in total. The molecule has 1 aliphatic carbocycles. The first-order valence-corrected chi connectivity index (χ1v) is 5.77. The number of nitrogens with zero attached hydrogens (tertiary/aromatic N) is 1. The summed E-state index contributed by atoms with van der Waals surface area (Å²) in [5.41, 5.74) is 5.54. The van der Waals surface area contributed by atoms with Gasteiger partial charge in [0, 0.05) is 19.6 Å². The largest absolute Gasteiger partial charge is 0.392 e. The molecule has 5 heteroatoms. The first-order chi connectivity index (χ1) is 7.13. The van der Waals surface area contributed by atoms with Crippen molar-refractivity contribution in [3.05, 3.63) is 0 Å². The maximum Gasteiger partial charge on any atom is 0.233 e. The number of amides is 1. The number of rotatable bonds is 5. The van der Waals surface area contributed by atoms with Crippen LogP contribution in [0.5, 0.6) is 0 Å². The standard InChI is InChI=1S/C10H19N3OS/c1-12-10(14)7-13(6-9(11)15)8-4-2-3-5-8/h8H,2-7H2,1H3,(H2,11,15)(H,12,14). The average Bonchev–Trinajstić information content (AvgIpc) is 2.68. The van der Waals surface area contributed by atoms with E-state index in [1.807, 2.05) is 0 Å². The lowest BCUT2D eigenvalue weighted by atomic mass is 10.2. The number of likely N-dealkylation sites (N-methyl/N-ethyl adjacent to an activating group) is 1. The third-order valence-electron chi connectivity index (χ3n) is 2.83. The molecule has 0 unspecified atom stereocenters. The van der Waals surface area contributed by atoms with E-state index < -0.39 is 0 Å². The van der Waals surface area contributed by atoms with Gasteiger partial charge in [-0.3, -0.25) is 9.69 Å². The Hall–Kier alpha value is -0.680. The van der Waals surface area contributed by atoms with Gasteiger partial charge in [0.2, 0.25) is 5.91 Å². The molecule has 0 aromatic carbocycles. The summed E-state index contributed by atoms with van der Waals surface area (Å²) in [6.45, 7) is 0.950. The lowest BCUT2D eigenvalue weighted by molar-refractivity contribution is -0.122. The zero-order valence-electron chi connectivity index (χ0n) is 9.16. The Labute approximate surface area is 96.2 Å². The molecule has 3 N–H and O–H groups in total. The molecule has 0 heterocycles. The molecule has 0 aliphatic heterocycles. The van der Waals surface area contributed by atoms with Gasteiger partial charge < -0.3 is 11.1 Å². The number of hydrogen-bond acceptors (Lipinski definition) is 3. The summed E-state index contributed by atoms with van der Waals surface area (Å²) in [6, 6.07) is 0.476. The fourth-order valence-corrected chi connectivity index (χ4v) is 2.21. The molecular weight excluding hydrogens is 210 g/mol. The van der Waals surface area contributed by atoms with Gasteiger partial charge in [-0.25, -0.2) is 0 Å². The topological polar surface area (TPSA) is 58.4 Å². The highest BCUT2D eigenvalue weighted by atomic mass is 32.1. The van der Waals surface area contributed by atoms with E-state index in [4.69, 9.17) is 18.0 Å². The van der Waals surface area contributed by atoms with Crippen LogP contribution in [0.4, 0.5) is 0 Å². The van der Waals surface area contributed by atoms with E-state index >= 15 is 0 Å². The summed E-state index contributed by atoms with van der Waals surface area (Å²) in [5, 5.41) is 2.63. The van der Waals surface area contributed by atoms with Crippen molar-refractivity contribution in [3.63, 3.8) is 0 Å². The second kappa shape index (κ2) is 6.02. The van der Waals surface area contributed by atoms with Crippen LogP contribution in [-0.2, 0) is 4.79 Å². The van der Waals surface area contributed by atoms with Crippen LogP contribution in [0, 0.1) is 0 Å². The van der Waals surface area contributed by atoms with E-state index in [1.54, 1.807) is 7.05 Å². The van der Waals surface area contributed by atoms with Gasteiger partial charge in [-0.2, -0.15) is 0 Å². The molecule has 0 bridgehead atoms. The number of hydrogen-bond donors (Lipinski definition) is 2. The quantitative estimate of drug-likeness (QED) is 0.664. The zero-order valence-corrected chi connectivity index (χ0v) is 9.98. The SMILES string of the molecule is CNC(=O)CN(CC(N)=S)C1CCCC1. The molecule has 86 valence electrons. The molecule has 0 aromatic rings. The molecule has 1 fully saturated rings. The zero-order chi connectivity index (χ0) is 11.3. The highest BCUT2D eigenvalue weighted by molar-refractivity contribution is 7.80. The van der Waals surface area contributed by atoms with E-state index in [0.29, 0.717) is 24.1 Å². The van der Waals surface area contributed by atoms with Crippen LogP contribution in [0.3, 0.4) is 0 Å². The number of thiocarbonyl (C=S) groups is 1. The van der Waals surface area contributed by atoms with Crippen molar-refractivity contribution >= 4 is 23.1 Å². The van der Waals surface area contributed by atoms with Gasteiger partial charge in [-0.1, -0.05) is 25.1 Å². The molecule has 0 radical (unpaired) electrons. The Bertz CT molecular complexity index is 239. The van der Waals surface area contributed by atoms with E-state index in [1.165, 1.54) is 12.8 Å². The maximum absolute atomic E-state index is 11.3. The first-order valence-electron chi connectivity index (χ1n) is 5.36. The van der Waals surface area contributed by atoms with Crippen molar-refractivity contribution in [2.75, 3.05) is 20.1 Å².